The first-order valence-corrected chi connectivity index (χ1v) is 11.5. The van der Waals surface area contributed by atoms with Gasteiger partial charge in [0.05, 0.1) is 6.54 Å². The van der Waals surface area contributed by atoms with E-state index >= 15 is 0 Å². The molecule has 1 heterocycles. The van der Waals surface area contributed by atoms with Crippen molar-refractivity contribution in [3.63, 3.8) is 0 Å². The average Bonchev–Trinajstić information content (AvgIpc) is 2.71. The molecule has 0 spiro atoms. The standard InChI is InChI=1S/C21H37N5O3/c27-19(25-21(29)23-17-9-5-2-6-10-17)15-26-13-11-18(12-14-26)24-20(28)22-16-7-3-1-4-8-16/h16-18H,1-15H2,(H2,22,24,28)(H2,23,25,27,29). The number of amides is 5. The predicted octanol–water partition coefficient (Wildman–Crippen LogP) is 2.24. The van der Waals surface area contributed by atoms with Crippen LogP contribution in [0.3, 0.4) is 0 Å². The van der Waals surface area contributed by atoms with Crippen LogP contribution in [0.25, 0.3) is 0 Å². The molecule has 3 fully saturated rings. The van der Waals surface area contributed by atoms with Crippen LogP contribution in [0.1, 0.15) is 77.0 Å². The van der Waals surface area contributed by atoms with Gasteiger partial charge in [-0.15, -0.1) is 0 Å². The Kier molecular flexibility index (Phi) is 8.58. The summed E-state index contributed by atoms with van der Waals surface area (Å²) in [6, 6.07) is 0.211. The summed E-state index contributed by atoms with van der Waals surface area (Å²) in [6.07, 6.45) is 13.0. The van der Waals surface area contributed by atoms with Gasteiger partial charge < -0.3 is 16.0 Å². The maximum absolute atomic E-state index is 12.2. The number of carbonyl (C=O) groups excluding carboxylic acids is 3. The maximum Gasteiger partial charge on any atom is 0.321 e. The number of hydrogen-bond donors (Lipinski definition) is 4. The third-order valence-electron chi connectivity index (χ3n) is 6.42. The van der Waals surface area contributed by atoms with E-state index < -0.39 is 0 Å². The molecule has 0 bridgehead atoms. The molecule has 1 aliphatic heterocycles. The molecule has 8 heteroatoms. The van der Waals surface area contributed by atoms with Crippen molar-refractivity contribution in [1.29, 1.82) is 0 Å². The lowest BCUT2D eigenvalue weighted by atomic mass is 9.96. The van der Waals surface area contributed by atoms with Crippen molar-refractivity contribution in [3.05, 3.63) is 0 Å². The minimum Gasteiger partial charge on any atom is -0.335 e. The van der Waals surface area contributed by atoms with Crippen LogP contribution in [0, 0.1) is 0 Å². The Labute approximate surface area is 173 Å². The first-order valence-electron chi connectivity index (χ1n) is 11.5. The number of likely N-dealkylation sites (tertiary alicyclic amines) is 1. The Hall–Kier alpha value is -1.83. The molecule has 0 aromatic carbocycles. The quantitative estimate of drug-likeness (QED) is 0.561. The highest BCUT2D eigenvalue weighted by molar-refractivity contribution is 5.95. The molecule has 3 aliphatic rings. The highest BCUT2D eigenvalue weighted by Gasteiger charge is 2.24. The molecule has 0 atom stereocenters. The Bertz CT molecular complexity index is 551. The third kappa shape index (κ3) is 7.84. The molecule has 3 rings (SSSR count). The zero-order valence-electron chi connectivity index (χ0n) is 17.5. The van der Waals surface area contributed by atoms with Gasteiger partial charge in [0, 0.05) is 31.2 Å². The molecule has 2 aliphatic carbocycles. The average molecular weight is 408 g/mol. The van der Waals surface area contributed by atoms with Gasteiger partial charge in [-0.25, -0.2) is 9.59 Å². The fourth-order valence-corrected chi connectivity index (χ4v) is 4.73. The molecule has 0 unspecified atom stereocenters. The Morgan fingerprint density at radius 3 is 1.59 bits per heavy atom. The predicted molar refractivity (Wildman–Crippen MR) is 112 cm³/mol. The molecule has 8 nitrogen and oxygen atoms in total. The molecule has 0 aromatic rings. The van der Waals surface area contributed by atoms with Crippen molar-refractivity contribution < 1.29 is 14.4 Å². The lowest BCUT2D eigenvalue weighted by Crippen LogP contribution is -2.52. The Morgan fingerprint density at radius 1 is 0.621 bits per heavy atom. The monoisotopic (exact) mass is 407 g/mol. The highest BCUT2D eigenvalue weighted by Crippen LogP contribution is 2.18. The molecular formula is C21H37N5O3. The van der Waals surface area contributed by atoms with Gasteiger partial charge >= 0.3 is 12.1 Å². The topological polar surface area (TPSA) is 103 Å². The van der Waals surface area contributed by atoms with Crippen LogP contribution in [0.4, 0.5) is 9.59 Å². The molecule has 29 heavy (non-hydrogen) atoms. The maximum atomic E-state index is 12.2. The molecule has 0 radical (unpaired) electrons. The summed E-state index contributed by atoms with van der Waals surface area (Å²) in [5, 5.41) is 11.5. The zero-order valence-corrected chi connectivity index (χ0v) is 17.5. The van der Waals surface area contributed by atoms with Gasteiger partial charge in [-0.2, -0.15) is 0 Å². The van der Waals surface area contributed by atoms with E-state index in [2.05, 4.69) is 21.3 Å². The summed E-state index contributed by atoms with van der Waals surface area (Å²) < 4.78 is 0. The summed E-state index contributed by atoms with van der Waals surface area (Å²) in [4.78, 5) is 38.4. The van der Waals surface area contributed by atoms with Crippen molar-refractivity contribution in [3.8, 4) is 0 Å². The number of nitrogens with zero attached hydrogens (tertiary/aromatic N) is 1. The zero-order chi connectivity index (χ0) is 20.5. The van der Waals surface area contributed by atoms with Crippen molar-refractivity contribution >= 4 is 18.0 Å². The van der Waals surface area contributed by atoms with E-state index in [0.717, 1.165) is 64.5 Å². The molecule has 0 aromatic heterocycles. The second-order valence-electron chi connectivity index (χ2n) is 8.86. The number of imide groups is 1. The second-order valence-corrected chi connectivity index (χ2v) is 8.86. The number of hydrogen-bond acceptors (Lipinski definition) is 4. The van der Waals surface area contributed by atoms with Crippen molar-refractivity contribution in [2.24, 2.45) is 0 Å². The SMILES string of the molecule is O=C(CN1CCC(NC(=O)NC2CCCCC2)CC1)NC(=O)NC1CCCCC1. The van der Waals surface area contributed by atoms with Gasteiger partial charge in [-0.05, 0) is 38.5 Å². The summed E-state index contributed by atoms with van der Waals surface area (Å²) in [7, 11) is 0. The van der Waals surface area contributed by atoms with Gasteiger partial charge in [0.25, 0.3) is 0 Å². The number of nitrogens with one attached hydrogen (secondary N) is 4. The first kappa shape index (κ1) is 21.9. The van der Waals surface area contributed by atoms with Crippen LogP contribution in [0.5, 0.6) is 0 Å². The van der Waals surface area contributed by atoms with Gasteiger partial charge in [0.15, 0.2) is 0 Å². The van der Waals surface area contributed by atoms with E-state index in [0.29, 0.717) is 6.04 Å². The van der Waals surface area contributed by atoms with Crippen LogP contribution in [-0.4, -0.2) is 60.6 Å². The number of piperidine rings is 1. The van der Waals surface area contributed by atoms with Crippen LogP contribution in [0.15, 0.2) is 0 Å². The van der Waals surface area contributed by atoms with E-state index in [-0.39, 0.29) is 36.6 Å². The van der Waals surface area contributed by atoms with Crippen molar-refractivity contribution in [2.45, 2.75) is 95.2 Å². The second kappa shape index (κ2) is 11.4. The summed E-state index contributed by atoms with van der Waals surface area (Å²) in [5.41, 5.74) is 0. The van der Waals surface area contributed by atoms with E-state index in [1.54, 1.807) is 0 Å². The molecule has 164 valence electrons. The smallest absolute Gasteiger partial charge is 0.321 e. The summed E-state index contributed by atoms with van der Waals surface area (Å²) >= 11 is 0. The van der Waals surface area contributed by atoms with Crippen LogP contribution >= 0.6 is 0 Å². The molecular weight excluding hydrogens is 370 g/mol. The van der Waals surface area contributed by atoms with E-state index in [4.69, 9.17) is 0 Å². The van der Waals surface area contributed by atoms with Crippen LogP contribution in [-0.2, 0) is 4.79 Å². The molecule has 1 saturated heterocycles. The van der Waals surface area contributed by atoms with Gasteiger partial charge in [-0.3, -0.25) is 15.0 Å². The number of carbonyl (C=O) groups is 3. The fraction of sp³-hybridized carbons (Fsp3) is 0.857. The summed E-state index contributed by atoms with van der Waals surface area (Å²) in [6.45, 7) is 1.71. The van der Waals surface area contributed by atoms with E-state index in [1.807, 2.05) is 4.90 Å². The molecule has 5 amide bonds. The van der Waals surface area contributed by atoms with Gasteiger partial charge in [-0.1, -0.05) is 38.5 Å². The van der Waals surface area contributed by atoms with Gasteiger partial charge in [0.2, 0.25) is 5.91 Å². The largest absolute Gasteiger partial charge is 0.335 e. The van der Waals surface area contributed by atoms with Crippen molar-refractivity contribution in [1.82, 2.24) is 26.2 Å². The number of urea groups is 2. The lowest BCUT2D eigenvalue weighted by molar-refractivity contribution is -0.121. The number of rotatable bonds is 5. The Balaban J connectivity index is 1.28. The fourth-order valence-electron chi connectivity index (χ4n) is 4.73. The normalized spacial score (nSPS) is 22.6. The Morgan fingerprint density at radius 2 is 1.07 bits per heavy atom. The summed E-state index contributed by atoms with van der Waals surface area (Å²) in [5.74, 6) is -0.264. The lowest BCUT2D eigenvalue weighted by Gasteiger charge is -2.32. The third-order valence-corrected chi connectivity index (χ3v) is 6.42. The molecule has 4 N–H and O–H groups in total. The van der Waals surface area contributed by atoms with E-state index in [9.17, 15) is 14.4 Å². The van der Waals surface area contributed by atoms with E-state index in [1.165, 1.54) is 25.7 Å². The van der Waals surface area contributed by atoms with Crippen LogP contribution in [0.2, 0.25) is 0 Å². The van der Waals surface area contributed by atoms with Crippen LogP contribution < -0.4 is 21.3 Å². The highest BCUT2D eigenvalue weighted by atomic mass is 16.2. The van der Waals surface area contributed by atoms with Gasteiger partial charge in [0.1, 0.15) is 0 Å². The van der Waals surface area contributed by atoms with Crippen molar-refractivity contribution in [2.75, 3.05) is 19.6 Å². The minimum atomic E-state index is -0.377. The molecule has 2 saturated carbocycles. The first-order chi connectivity index (χ1) is 14.1. The minimum absolute atomic E-state index is 0.0625.